The molecular weight excluding hydrogens is 273 g/mol. The van der Waals surface area contributed by atoms with Gasteiger partial charge < -0.3 is 14.9 Å². The molecule has 2 N–H and O–H groups in total. The quantitative estimate of drug-likeness (QED) is 0.797. The van der Waals surface area contributed by atoms with Crippen LogP contribution < -0.4 is 10.5 Å². The molecule has 21 heavy (non-hydrogen) atoms. The Morgan fingerprint density at radius 2 is 1.71 bits per heavy atom. The Hall–Kier alpha value is -2.89. The summed E-state index contributed by atoms with van der Waals surface area (Å²) in [6.45, 7) is 0.368. The second-order valence-corrected chi connectivity index (χ2v) is 4.38. The summed E-state index contributed by atoms with van der Waals surface area (Å²) in [4.78, 5) is 0. The highest BCUT2D eigenvalue weighted by atomic mass is 19.1. The lowest BCUT2D eigenvalue weighted by molar-refractivity contribution is 0.306. The fourth-order valence-electron chi connectivity index (χ4n) is 1.79. The summed E-state index contributed by atoms with van der Waals surface area (Å²) in [7, 11) is 0. The number of hydrogen-bond acceptors (Lipinski definition) is 5. The molecule has 0 saturated carbocycles. The third-order valence-electron chi connectivity index (χ3n) is 2.86. The normalized spacial score (nSPS) is 10.5. The molecule has 6 heteroatoms. The molecule has 0 spiro atoms. The molecule has 0 saturated heterocycles. The Morgan fingerprint density at radius 3 is 2.33 bits per heavy atom. The molecule has 1 aromatic heterocycles. The fraction of sp³-hybridized carbons (Fsp3) is 0.0667. The second-order valence-electron chi connectivity index (χ2n) is 4.38. The van der Waals surface area contributed by atoms with Crippen molar-refractivity contribution in [3.63, 3.8) is 0 Å². The molecule has 3 rings (SSSR count). The van der Waals surface area contributed by atoms with E-state index in [1.165, 1.54) is 12.1 Å². The van der Waals surface area contributed by atoms with Crippen molar-refractivity contribution in [3.8, 4) is 17.2 Å². The minimum absolute atomic E-state index is 0.0293. The van der Waals surface area contributed by atoms with Gasteiger partial charge in [0.15, 0.2) is 0 Å². The predicted molar refractivity (Wildman–Crippen MR) is 74.9 cm³/mol. The van der Waals surface area contributed by atoms with Crippen LogP contribution in [0, 0.1) is 5.82 Å². The molecule has 0 amide bonds. The average molecular weight is 285 g/mol. The van der Waals surface area contributed by atoms with Gasteiger partial charge in [0.2, 0.25) is 5.89 Å². The van der Waals surface area contributed by atoms with Crippen LogP contribution in [-0.2, 0) is 6.61 Å². The highest BCUT2D eigenvalue weighted by Gasteiger charge is 2.06. The minimum Gasteiger partial charge on any atom is -0.489 e. The van der Waals surface area contributed by atoms with Crippen molar-refractivity contribution in [2.45, 2.75) is 6.61 Å². The first kappa shape index (κ1) is 13.1. The second kappa shape index (κ2) is 5.62. The molecule has 5 nitrogen and oxygen atoms in total. The number of nitrogens with two attached hydrogens (primary N) is 1. The van der Waals surface area contributed by atoms with E-state index >= 15 is 0 Å². The van der Waals surface area contributed by atoms with E-state index in [4.69, 9.17) is 14.9 Å². The molecule has 0 unspecified atom stereocenters. The van der Waals surface area contributed by atoms with E-state index < -0.39 is 0 Å². The molecule has 0 fully saturated rings. The highest BCUT2D eigenvalue weighted by molar-refractivity contribution is 5.54. The van der Waals surface area contributed by atoms with Crippen LogP contribution in [0.4, 0.5) is 10.4 Å². The van der Waals surface area contributed by atoms with Crippen molar-refractivity contribution in [1.82, 2.24) is 10.2 Å². The van der Waals surface area contributed by atoms with E-state index in [0.717, 1.165) is 11.1 Å². The van der Waals surface area contributed by atoms with Crippen molar-refractivity contribution in [3.05, 3.63) is 59.9 Å². The van der Waals surface area contributed by atoms with Gasteiger partial charge in [0.1, 0.15) is 18.2 Å². The lowest BCUT2D eigenvalue weighted by atomic mass is 10.2. The first-order valence-corrected chi connectivity index (χ1v) is 6.27. The standard InChI is InChI=1S/C15H12FN3O2/c16-12-5-1-10(2-6-12)9-20-13-7-3-11(4-8-13)14-18-19-15(17)21-14/h1-8H,9H2,(H2,17,19). The number of nitrogens with zero attached hydrogens (tertiary/aromatic N) is 2. The first-order valence-electron chi connectivity index (χ1n) is 6.27. The van der Waals surface area contributed by atoms with Crippen LogP contribution in [0.2, 0.25) is 0 Å². The Morgan fingerprint density at radius 1 is 1.00 bits per heavy atom. The molecular formula is C15H12FN3O2. The topological polar surface area (TPSA) is 74.2 Å². The predicted octanol–water partition coefficient (Wildman–Crippen LogP) is 3.04. The molecule has 0 aliphatic carbocycles. The van der Waals surface area contributed by atoms with Crippen molar-refractivity contribution in [2.24, 2.45) is 0 Å². The SMILES string of the molecule is Nc1nnc(-c2ccc(OCc3ccc(F)cc3)cc2)o1. The van der Waals surface area contributed by atoms with Gasteiger partial charge in [-0.3, -0.25) is 0 Å². The van der Waals surface area contributed by atoms with E-state index in [-0.39, 0.29) is 11.8 Å². The van der Waals surface area contributed by atoms with Crippen LogP contribution in [0.15, 0.2) is 52.9 Å². The third kappa shape index (κ3) is 3.17. The number of rotatable bonds is 4. The first-order chi connectivity index (χ1) is 10.2. The van der Waals surface area contributed by atoms with E-state index in [0.29, 0.717) is 18.2 Å². The van der Waals surface area contributed by atoms with E-state index in [9.17, 15) is 4.39 Å². The third-order valence-corrected chi connectivity index (χ3v) is 2.86. The van der Waals surface area contributed by atoms with Crippen LogP contribution in [-0.4, -0.2) is 10.2 Å². The molecule has 0 atom stereocenters. The van der Waals surface area contributed by atoms with Crippen LogP contribution in [0.1, 0.15) is 5.56 Å². The minimum atomic E-state index is -0.262. The van der Waals surface area contributed by atoms with Gasteiger partial charge in [-0.25, -0.2) is 4.39 Å². The molecule has 0 aliphatic heterocycles. The summed E-state index contributed by atoms with van der Waals surface area (Å²) in [5, 5.41) is 7.40. The zero-order valence-electron chi connectivity index (χ0n) is 11.0. The molecule has 3 aromatic rings. The zero-order chi connectivity index (χ0) is 14.7. The molecule has 0 aliphatic rings. The number of aromatic nitrogens is 2. The van der Waals surface area contributed by atoms with Crippen molar-refractivity contribution < 1.29 is 13.5 Å². The largest absolute Gasteiger partial charge is 0.489 e. The fourth-order valence-corrected chi connectivity index (χ4v) is 1.79. The summed E-state index contributed by atoms with van der Waals surface area (Å²) in [5.74, 6) is 0.787. The van der Waals surface area contributed by atoms with Crippen LogP contribution in [0.25, 0.3) is 11.5 Å². The summed E-state index contributed by atoms with van der Waals surface area (Å²) in [6.07, 6.45) is 0. The van der Waals surface area contributed by atoms with Crippen molar-refractivity contribution in [2.75, 3.05) is 5.73 Å². The lowest BCUT2D eigenvalue weighted by Crippen LogP contribution is -1.95. The van der Waals surface area contributed by atoms with Gasteiger partial charge in [-0.05, 0) is 42.0 Å². The van der Waals surface area contributed by atoms with Gasteiger partial charge in [0.25, 0.3) is 0 Å². The summed E-state index contributed by atoms with van der Waals surface area (Å²) in [6, 6.07) is 13.4. The molecule has 0 radical (unpaired) electrons. The Balaban J connectivity index is 1.65. The number of nitrogen functional groups attached to an aromatic ring is 1. The molecule has 106 valence electrons. The lowest BCUT2D eigenvalue weighted by Gasteiger charge is -2.06. The number of hydrogen-bond donors (Lipinski definition) is 1. The average Bonchev–Trinajstić information content (AvgIpc) is 2.94. The molecule has 1 heterocycles. The van der Waals surface area contributed by atoms with Gasteiger partial charge in [-0.1, -0.05) is 17.2 Å². The van der Waals surface area contributed by atoms with Crippen molar-refractivity contribution in [1.29, 1.82) is 0 Å². The van der Waals surface area contributed by atoms with E-state index in [1.54, 1.807) is 36.4 Å². The maximum atomic E-state index is 12.8. The van der Waals surface area contributed by atoms with E-state index in [1.807, 2.05) is 0 Å². The smallest absolute Gasteiger partial charge is 0.313 e. The summed E-state index contributed by atoms with van der Waals surface area (Å²) >= 11 is 0. The maximum absolute atomic E-state index is 12.8. The Bertz CT molecular complexity index is 723. The number of anilines is 1. The number of halogens is 1. The summed E-state index contributed by atoms with van der Waals surface area (Å²) in [5.41, 5.74) is 7.03. The van der Waals surface area contributed by atoms with Crippen LogP contribution in [0.5, 0.6) is 5.75 Å². The van der Waals surface area contributed by atoms with Gasteiger partial charge in [-0.2, -0.15) is 0 Å². The van der Waals surface area contributed by atoms with Crippen molar-refractivity contribution >= 4 is 6.01 Å². The van der Waals surface area contributed by atoms with Gasteiger partial charge >= 0.3 is 6.01 Å². The van der Waals surface area contributed by atoms with E-state index in [2.05, 4.69) is 10.2 Å². The van der Waals surface area contributed by atoms with Gasteiger partial charge in [0, 0.05) is 5.56 Å². The Labute approximate surface area is 120 Å². The number of benzene rings is 2. The maximum Gasteiger partial charge on any atom is 0.313 e. The Kier molecular flexibility index (Phi) is 3.51. The number of ether oxygens (including phenoxy) is 1. The molecule has 0 bridgehead atoms. The van der Waals surface area contributed by atoms with Crippen LogP contribution >= 0.6 is 0 Å². The van der Waals surface area contributed by atoms with Gasteiger partial charge in [-0.15, -0.1) is 5.10 Å². The summed E-state index contributed by atoms with van der Waals surface area (Å²) < 4.78 is 23.5. The van der Waals surface area contributed by atoms with Gasteiger partial charge in [0.05, 0.1) is 0 Å². The van der Waals surface area contributed by atoms with Crippen LogP contribution in [0.3, 0.4) is 0 Å². The highest BCUT2D eigenvalue weighted by Crippen LogP contribution is 2.22. The molecule has 2 aromatic carbocycles. The monoisotopic (exact) mass is 285 g/mol. The zero-order valence-corrected chi connectivity index (χ0v) is 11.0.